The first-order chi connectivity index (χ1) is 13.5. The van der Waals surface area contributed by atoms with Crippen LogP contribution in [0.25, 0.3) is 20.7 Å². The van der Waals surface area contributed by atoms with Gasteiger partial charge in [0.05, 0.1) is 11.4 Å². The SMILES string of the molecule is CC(=O)Nc1cccc(N[C@@H](C)c2nc3scc(-c4cccs4)c3c(=O)[nH]2)c1. The number of aromatic nitrogens is 2. The minimum atomic E-state index is -0.211. The third-order valence-electron chi connectivity index (χ3n) is 4.23. The summed E-state index contributed by atoms with van der Waals surface area (Å²) in [6.07, 6.45) is 0. The van der Waals surface area contributed by atoms with E-state index in [0.29, 0.717) is 16.9 Å². The number of hydrogen-bond donors (Lipinski definition) is 3. The molecule has 0 bridgehead atoms. The third kappa shape index (κ3) is 3.69. The van der Waals surface area contributed by atoms with E-state index in [0.717, 1.165) is 21.0 Å². The molecule has 142 valence electrons. The van der Waals surface area contributed by atoms with E-state index < -0.39 is 0 Å². The largest absolute Gasteiger partial charge is 0.375 e. The predicted molar refractivity (Wildman–Crippen MR) is 116 cm³/mol. The molecular formula is C20H18N4O2S2. The van der Waals surface area contributed by atoms with Gasteiger partial charge >= 0.3 is 0 Å². The van der Waals surface area contributed by atoms with Gasteiger partial charge in [-0.1, -0.05) is 12.1 Å². The molecule has 6 nitrogen and oxygen atoms in total. The number of carbonyl (C=O) groups excluding carboxylic acids is 1. The fraction of sp³-hybridized carbons (Fsp3) is 0.150. The summed E-state index contributed by atoms with van der Waals surface area (Å²) in [5, 5.41) is 10.7. The summed E-state index contributed by atoms with van der Waals surface area (Å²) in [5.41, 5.74) is 2.33. The van der Waals surface area contributed by atoms with Crippen molar-refractivity contribution in [3.63, 3.8) is 0 Å². The van der Waals surface area contributed by atoms with E-state index in [9.17, 15) is 9.59 Å². The van der Waals surface area contributed by atoms with E-state index >= 15 is 0 Å². The van der Waals surface area contributed by atoms with Crippen LogP contribution in [0, 0.1) is 0 Å². The van der Waals surface area contributed by atoms with Crippen LogP contribution in [0.2, 0.25) is 0 Å². The number of rotatable bonds is 5. The molecule has 3 aromatic heterocycles. The highest BCUT2D eigenvalue weighted by molar-refractivity contribution is 7.18. The summed E-state index contributed by atoms with van der Waals surface area (Å²) in [4.78, 5) is 33.4. The highest BCUT2D eigenvalue weighted by atomic mass is 32.1. The molecule has 0 spiro atoms. The van der Waals surface area contributed by atoms with Crippen molar-refractivity contribution in [3.8, 4) is 10.4 Å². The van der Waals surface area contributed by atoms with Crippen molar-refractivity contribution < 1.29 is 4.79 Å². The first kappa shape index (κ1) is 18.4. The van der Waals surface area contributed by atoms with Gasteiger partial charge in [-0.15, -0.1) is 22.7 Å². The van der Waals surface area contributed by atoms with Gasteiger partial charge in [0, 0.05) is 34.1 Å². The van der Waals surface area contributed by atoms with Crippen LogP contribution in [-0.4, -0.2) is 15.9 Å². The van der Waals surface area contributed by atoms with Crippen LogP contribution >= 0.6 is 22.7 Å². The zero-order chi connectivity index (χ0) is 19.7. The number of aromatic amines is 1. The Labute approximate surface area is 169 Å². The van der Waals surface area contributed by atoms with Crippen molar-refractivity contribution in [1.29, 1.82) is 0 Å². The molecule has 0 radical (unpaired) electrons. The van der Waals surface area contributed by atoms with Crippen LogP contribution in [0.5, 0.6) is 0 Å². The molecule has 0 fully saturated rings. The number of nitrogens with one attached hydrogen (secondary N) is 3. The first-order valence-electron chi connectivity index (χ1n) is 8.71. The maximum atomic E-state index is 12.7. The normalized spacial score (nSPS) is 12.1. The maximum absolute atomic E-state index is 12.7. The highest BCUT2D eigenvalue weighted by Gasteiger charge is 2.16. The molecule has 3 N–H and O–H groups in total. The molecule has 0 saturated carbocycles. The van der Waals surface area contributed by atoms with Gasteiger partial charge in [0.15, 0.2) is 0 Å². The van der Waals surface area contributed by atoms with Gasteiger partial charge in [0.2, 0.25) is 5.91 Å². The smallest absolute Gasteiger partial charge is 0.260 e. The third-order valence-corrected chi connectivity index (χ3v) is 6.00. The van der Waals surface area contributed by atoms with Gasteiger partial charge in [-0.05, 0) is 36.6 Å². The zero-order valence-electron chi connectivity index (χ0n) is 15.3. The molecule has 1 atom stereocenters. The van der Waals surface area contributed by atoms with E-state index in [1.165, 1.54) is 18.3 Å². The predicted octanol–water partition coefficient (Wildman–Crippen LogP) is 4.84. The summed E-state index contributed by atoms with van der Waals surface area (Å²) in [7, 11) is 0. The Morgan fingerprint density at radius 1 is 1.18 bits per heavy atom. The molecule has 4 rings (SSSR count). The molecule has 0 unspecified atom stereocenters. The van der Waals surface area contributed by atoms with Crippen LogP contribution in [0.15, 0.2) is 52.0 Å². The van der Waals surface area contributed by atoms with Gasteiger partial charge < -0.3 is 15.6 Å². The number of nitrogens with zero attached hydrogens (tertiary/aromatic N) is 1. The average molecular weight is 411 g/mol. The lowest BCUT2D eigenvalue weighted by Gasteiger charge is -2.15. The molecule has 28 heavy (non-hydrogen) atoms. The lowest BCUT2D eigenvalue weighted by Crippen LogP contribution is -2.17. The number of thiophene rings is 2. The Hall–Kier alpha value is -2.97. The lowest BCUT2D eigenvalue weighted by atomic mass is 10.2. The number of anilines is 2. The lowest BCUT2D eigenvalue weighted by molar-refractivity contribution is -0.114. The number of H-pyrrole nitrogens is 1. The Morgan fingerprint density at radius 2 is 2.00 bits per heavy atom. The van der Waals surface area contributed by atoms with E-state index in [-0.39, 0.29) is 17.5 Å². The van der Waals surface area contributed by atoms with E-state index in [1.807, 2.05) is 54.1 Å². The molecule has 0 aliphatic carbocycles. The Bertz CT molecular complexity index is 1190. The van der Waals surface area contributed by atoms with Crippen molar-refractivity contribution in [2.24, 2.45) is 0 Å². The monoisotopic (exact) mass is 410 g/mol. The number of benzene rings is 1. The minimum Gasteiger partial charge on any atom is -0.375 e. The van der Waals surface area contributed by atoms with Crippen LogP contribution in [0.1, 0.15) is 25.7 Å². The molecule has 4 aromatic rings. The number of amides is 1. The minimum absolute atomic E-state index is 0.124. The quantitative estimate of drug-likeness (QED) is 0.439. The molecule has 1 aromatic carbocycles. The van der Waals surface area contributed by atoms with Crippen molar-refractivity contribution in [2.75, 3.05) is 10.6 Å². The van der Waals surface area contributed by atoms with Gasteiger partial charge in [0.25, 0.3) is 5.56 Å². The molecule has 0 aliphatic heterocycles. The van der Waals surface area contributed by atoms with Crippen LogP contribution < -0.4 is 16.2 Å². The van der Waals surface area contributed by atoms with Crippen LogP contribution in [-0.2, 0) is 4.79 Å². The molecule has 0 saturated heterocycles. The van der Waals surface area contributed by atoms with E-state index in [1.54, 1.807) is 11.3 Å². The molecular weight excluding hydrogens is 392 g/mol. The molecule has 8 heteroatoms. The average Bonchev–Trinajstić information content (AvgIpc) is 3.30. The van der Waals surface area contributed by atoms with Crippen molar-refractivity contribution in [3.05, 3.63) is 63.3 Å². The molecule has 3 heterocycles. The second-order valence-corrected chi connectivity index (χ2v) is 8.19. The number of carbonyl (C=O) groups is 1. The fourth-order valence-electron chi connectivity index (χ4n) is 2.99. The van der Waals surface area contributed by atoms with Crippen LogP contribution in [0.3, 0.4) is 0 Å². The standard InChI is InChI=1S/C20H18N4O2S2/c1-11(21-13-5-3-6-14(9-13)22-12(2)25)18-23-19(26)17-15(10-28-20(17)24-18)16-7-4-8-27-16/h3-11,21H,1-2H3,(H,22,25)(H,23,24,26)/t11-/m0/s1. The summed E-state index contributed by atoms with van der Waals surface area (Å²) in [5.74, 6) is 0.447. The van der Waals surface area contributed by atoms with Gasteiger partial charge in [-0.25, -0.2) is 4.98 Å². The maximum Gasteiger partial charge on any atom is 0.260 e. The Kier molecular flexibility index (Phi) is 4.97. The second-order valence-electron chi connectivity index (χ2n) is 6.39. The molecule has 1 amide bonds. The highest BCUT2D eigenvalue weighted by Crippen LogP contribution is 2.33. The number of hydrogen-bond acceptors (Lipinski definition) is 6. The Balaban J connectivity index is 1.63. The van der Waals surface area contributed by atoms with Crippen molar-refractivity contribution in [2.45, 2.75) is 19.9 Å². The summed E-state index contributed by atoms with van der Waals surface area (Å²) in [6.45, 7) is 3.40. The summed E-state index contributed by atoms with van der Waals surface area (Å²) >= 11 is 3.08. The number of fused-ring (bicyclic) bond motifs is 1. The van der Waals surface area contributed by atoms with Gasteiger partial charge in [0.1, 0.15) is 10.7 Å². The molecule has 0 aliphatic rings. The fourth-order valence-corrected chi connectivity index (χ4v) is 4.76. The van der Waals surface area contributed by atoms with Gasteiger partial charge in [-0.2, -0.15) is 0 Å². The Morgan fingerprint density at radius 3 is 2.75 bits per heavy atom. The first-order valence-corrected chi connectivity index (χ1v) is 10.5. The summed E-state index contributed by atoms with van der Waals surface area (Å²) in [6, 6.07) is 11.2. The topological polar surface area (TPSA) is 86.9 Å². The van der Waals surface area contributed by atoms with Crippen molar-refractivity contribution >= 4 is 50.2 Å². The summed E-state index contributed by atoms with van der Waals surface area (Å²) < 4.78 is 0. The van der Waals surface area contributed by atoms with Gasteiger partial charge in [-0.3, -0.25) is 9.59 Å². The van der Waals surface area contributed by atoms with E-state index in [4.69, 9.17) is 0 Å². The van der Waals surface area contributed by atoms with Crippen molar-refractivity contribution in [1.82, 2.24) is 9.97 Å². The zero-order valence-corrected chi connectivity index (χ0v) is 16.9. The van der Waals surface area contributed by atoms with E-state index in [2.05, 4.69) is 20.6 Å². The van der Waals surface area contributed by atoms with Crippen LogP contribution in [0.4, 0.5) is 11.4 Å². The second kappa shape index (κ2) is 7.57.